The van der Waals surface area contributed by atoms with Crippen LogP contribution < -0.4 is 5.32 Å². The first kappa shape index (κ1) is 14.5. The van der Waals surface area contributed by atoms with E-state index in [-0.39, 0.29) is 5.54 Å². The maximum Gasteiger partial charge on any atom is 0.113 e. The molecular weight excluding hydrogens is 264 g/mol. The van der Waals surface area contributed by atoms with Crippen molar-refractivity contribution < 1.29 is 0 Å². The molecule has 1 N–H and O–H groups in total. The van der Waals surface area contributed by atoms with Crippen LogP contribution in [0.3, 0.4) is 0 Å². The highest BCUT2D eigenvalue weighted by molar-refractivity contribution is 7.12. The summed E-state index contributed by atoms with van der Waals surface area (Å²) in [5.74, 6) is 0.882. The fraction of sp³-hybridized carbons (Fsp3) is 0.824. The zero-order valence-corrected chi connectivity index (χ0v) is 13.8. The second-order valence-corrected chi connectivity index (χ2v) is 7.87. The minimum absolute atomic E-state index is 0.190. The number of aromatic nitrogens is 1. The maximum absolute atomic E-state index is 5.06. The van der Waals surface area contributed by atoms with Crippen LogP contribution in [0.5, 0.6) is 0 Å². The third-order valence-electron chi connectivity index (χ3n) is 5.08. The Bertz CT molecular complexity index is 428. The Morgan fingerprint density at radius 1 is 1.25 bits per heavy atom. The number of aryl methyl sites for hydroxylation is 2. The SMILES string of the molecule is CCCNC1(c2nc3c(s2)CCC3)CCCC(C)CC1. The maximum atomic E-state index is 5.06. The molecule has 0 amide bonds. The molecule has 2 aliphatic rings. The van der Waals surface area contributed by atoms with Crippen molar-refractivity contribution in [3.8, 4) is 0 Å². The van der Waals surface area contributed by atoms with Gasteiger partial charge in [-0.25, -0.2) is 4.98 Å². The van der Waals surface area contributed by atoms with Crippen LogP contribution in [0.1, 0.15) is 74.4 Å². The van der Waals surface area contributed by atoms with E-state index in [9.17, 15) is 0 Å². The van der Waals surface area contributed by atoms with Gasteiger partial charge < -0.3 is 5.32 Å². The molecule has 3 heteroatoms. The van der Waals surface area contributed by atoms with Gasteiger partial charge in [-0.3, -0.25) is 0 Å². The lowest BCUT2D eigenvalue weighted by molar-refractivity contribution is 0.286. The zero-order valence-electron chi connectivity index (χ0n) is 13.0. The molecule has 2 atom stereocenters. The molecule has 3 rings (SSSR count). The molecule has 0 spiro atoms. The van der Waals surface area contributed by atoms with Gasteiger partial charge in [0.1, 0.15) is 5.01 Å². The van der Waals surface area contributed by atoms with E-state index in [2.05, 4.69) is 19.2 Å². The molecule has 0 saturated heterocycles. The van der Waals surface area contributed by atoms with Gasteiger partial charge in [0.2, 0.25) is 0 Å². The number of hydrogen-bond donors (Lipinski definition) is 1. The van der Waals surface area contributed by atoms with Gasteiger partial charge in [0.25, 0.3) is 0 Å². The van der Waals surface area contributed by atoms with E-state index in [1.165, 1.54) is 68.5 Å². The van der Waals surface area contributed by atoms with Crippen LogP contribution in [0, 0.1) is 5.92 Å². The Morgan fingerprint density at radius 3 is 2.95 bits per heavy atom. The molecule has 2 unspecified atom stereocenters. The molecule has 0 aromatic carbocycles. The highest BCUT2D eigenvalue weighted by Crippen LogP contribution is 2.41. The minimum atomic E-state index is 0.190. The van der Waals surface area contributed by atoms with Crippen LogP contribution in [0.2, 0.25) is 0 Å². The summed E-state index contributed by atoms with van der Waals surface area (Å²) in [6.07, 6.45) is 11.7. The van der Waals surface area contributed by atoms with Crippen LogP contribution in [0.4, 0.5) is 0 Å². The number of hydrogen-bond acceptors (Lipinski definition) is 3. The molecule has 112 valence electrons. The molecule has 2 nitrogen and oxygen atoms in total. The summed E-state index contributed by atoms with van der Waals surface area (Å²) < 4.78 is 0. The van der Waals surface area contributed by atoms with Gasteiger partial charge in [-0.15, -0.1) is 11.3 Å². The molecule has 1 aromatic rings. The average Bonchev–Trinajstić information content (AvgIpc) is 2.98. The van der Waals surface area contributed by atoms with Crippen LogP contribution >= 0.6 is 11.3 Å². The van der Waals surface area contributed by atoms with Crippen molar-refractivity contribution >= 4 is 11.3 Å². The molecule has 0 radical (unpaired) electrons. The fourth-order valence-corrected chi connectivity index (χ4v) is 5.11. The monoisotopic (exact) mass is 292 g/mol. The fourth-order valence-electron chi connectivity index (χ4n) is 3.74. The van der Waals surface area contributed by atoms with Crippen LogP contribution in [-0.4, -0.2) is 11.5 Å². The number of nitrogens with one attached hydrogen (secondary N) is 1. The van der Waals surface area contributed by atoms with Gasteiger partial charge in [-0.1, -0.05) is 26.7 Å². The molecule has 20 heavy (non-hydrogen) atoms. The third kappa shape index (κ3) is 2.80. The first-order valence-electron chi connectivity index (χ1n) is 8.47. The summed E-state index contributed by atoms with van der Waals surface area (Å²) in [4.78, 5) is 6.64. The van der Waals surface area contributed by atoms with Crippen molar-refractivity contribution in [2.24, 2.45) is 5.92 Å². The smallest absolute Gasteiger partial charge is 0.113 e. The molecule has 1 fully saturated rings. The van der Waals surface area contributed by atoms with Gasteiger partial charge in [0, 0.05) is 4.88 Å². The summed E-state index contributed by atoms with van der Waals surface area (Å²) in [7, 11) is 0. The zero-order chi connectivity index (χ0) is 14.0. The van der Waals surface area contributed by atoms with E-state index in [4.69, 9.17) is 4.98 Å². The topological polar surface area (TPSA) is 24.9 Å². The van der Waals surface area contributed by atoms with Gasteiger partial charge in [0.15, 0.2) is 0 Å². The lowest BCUT2D eigenvalue weighted by Crippen LogP contribution is -2.42. The molecular formula is C17H28N2S. The van der Waals surface area contributed by atoms with E-state index in [0.717, 1.165) is 12.5 Å². The summed E-state index contributed by atoms with van der Waals surface area (Å²) in [5, 5.41) is 5.31. The van der Waals surface area contributed by atoms with E-state index < -0.39 is 0 Å². The first-order valence-corrected chi connectivity index (χ1v) is 9.29. The second-order valence-electron chi connectivity index (χ2n) is 6.79. The van der Waals surface area contributed by atoms with Crippen LogP contribution in [-0.2, 0) is 18.4 Å². The lowest BCUT2D eigenvalue weighted by atomic mass is 9.90. The second kappa shape index (κ2) is 6.15. The molecule has 0 aliphatic heterocycles. The van der Waals surface area contributed by atoms with Crippen molar-refractivity contribution in [3.63, 3.8) is 0 Å². The van der Waals surface area contributed by atoms with Crippen molar-refractivity contribution in [2.45, 2.75) is 77.2 Å². The standard InChI is InChI=1S/C17H28N2S/c1-3-12-18-17(10-5-6-13(2)9-11-17)16-19-14-7-4-8-15(14)20-16/h13,18H,3-12H2,1-2H3. The molecule has 2 aliphatic carbocycles. The number of thiazole rings is 1. The minimum Gasteiger partial charge on any atom is -0.305 e. The van der Waals surface area contributed by atoms with Crippen LogP contribution in [0.25, 0.3) is 0 Å². The quantitative estimate of drug-likeness (QED) is 0.831. The average molecular weight is 292 g/mol. The summed E-state index contributed by atoms with van der Waals surface area (Å²) in [6.45, 7) is 5.80. The van der Waals surface area contributed by atoms with E-state index >= 15 is 0 Å². The predicted octanol–water partition coefficient (Wildman–Crippen LogP) is 4.43. The van der Waals surface area contributed by atoms with E-state index in [0.29, 0.717) is 0 Å². The number of nitrogens with zero attached hydrogens (tertiary/aromatic N) is 1. The summed E-state index contributed by atoms with van der Waals surface area (Å²) in [6, 6.07) is 0. The molecule has 1 saturated carbocycles. The van der Waals surface area contributed by atoms with E-state index in [1.54, 1.807) is 4.88 Å². The Labute approximate surface area is 127 Å². The predicted molar refractivity (Wildman–Crippen MR) is 86.4 cm³/mol. The lowest BCUT2D eigenvalue weighted by Gasteiger charge is -2.32. The molecule has 1 heterocycles. The highest BCUT2D eigenvalue weighted by atomic mass is 32.1. The Hall–Kier alpha value is -0.410. The van der Waals surface area contributed by atoms with Crippen molar-refractivity contribution in [3.05, 3.63) is 15.6 Å². The Kier molecular flexibility index (Phi) is 4.46. The number of fused-ring (bicyclic) bond motifs is 1. The molecule has 0 bridgehead atoms. The van der Waals surface area contributed by atoms with Crippen LogP contribution in [0.15, 0.2) is 0 Å². The van der Waals surface area contributed by atoms with Gasteiger partial charge >= 0.3 is 0 Å². The highest BCUT2D eigenvalue weighted by Gasteiger charge is 2.37. The van der Waals surface area contributed by atoms with Gasteiger partial charge in [-0.2, -0.15) is 0 Å². The Balaban J connectivity index is 1.87. The van der Waals surface area contributed by atoms with Crippen molar-refractivity contribution in [1.82, 2.24) is 10.3 Å². The molecule has 1 aromatic heterocycles. The van der Waals surface area contributed by atoms with Crippen molar-refractivity contribution in [1.29, 1.82) is 0 Å². The van der Waals surface area contributed by atoms with Crippen molar-refractivity contribution in [2.75, 3.05) is 6.54 Å². The number of rotatable bonds is 4. The Morgan fingerprint density at radius 2 is 2.15 bits per heavy atom. The van der Waals surface area contributed by atoms with Gasteiger partial charge in [0.05, 0.1) is 11.2 Å². The normalized spacial score (nSPS) is 30.2. The third-order valence-corrected chi connectivity index (χ3v) is 6.44. The van der Waals surface area contributed by atoms with Gasteiger partial charge in [-0.05, 0) is 57.4 Å². The summed E-state index contributed by atoms with van der Waals surface area (Å²) in [5.41, 5.74) is 1.61. The van der Waals surface area contributed by atoms with E-state index in [1.807, 2.05) is 11.3 Å². The summed E-state index contributed by atoms with van der Waals surface area (Å²) >= 11 is 2.01. The first-order chi connectivity index (χ1) is 9.73. The largest absolute Gasteiger partial charge is 0.305 e.